The Morgan fingerprint density at radius 1 is 1.08 bits per heavy atom. The number of para-hydroxylation sites is 1. The Labute approximate surface area is 148 Å². The number of rotatable bonds is 2. The highest BCUT2D eigenvalue weighted by atomic mass is 35.5. The quantitative estimate of drug-likeness (QED) is 0.820. The van der Waals surface area contributed by atoms with Gasteiger partial charge in [-0.3, -0.25) is 4.79 Å². The van der Waals surface area contributed by atoms with E-state index in [0.717, 1.165) is 0 Å². The maximum atomic E-state index is 12.4. The number of halogens is 1. The second-order valence-electron chi connectivity index (χ2n) is 5.29. The number of thiazole rings is 1. The first-order chi connectivity index (χ1) is 11.6. The molecular formula is C16H16ClN3O3S. The van der Waals surface area contributed by atoms with Crippen molar-refractivity contribution in [3.63, 3.8) is 0 Å². The monoisotopic (exact) mass is 365 g/mol. The van der Waals surface area contributed by atoms with E-state index in [9.17, 15) is 9.59 Å². The summed E-state index contributed by atoms with van der Waals surface area (Å²) in [7, 11) is 0. The van der Waals surface area contributed by atoms with Crippen LogP contribution in [0.15, 0.2) is 35.7 Å². The molecule has 0 aliphatic carbocycles. The van der Waals surface area contributed by atoms with Crippen molar-refractivity contribution < 1.29 is 14.3 Å². The van der Waals surface area contributed by atoms with E-state index in [1.165, 1.54) is 11.3 Å². The van der Waals surface area contributed by atoms with Crippen molar-refractivity contribution in [2.45, 2.75) is 6.42 Å². The van der Waals surface area contributed by atoms with E-state index in [4.69, 9.17) is 16.3 Å². The van der Waals surface area contributed by atoms with Crippen LogP contribution in [-0.2, 0) is 0 Å². The summed E-state index contributed by atoms with van der Waals surface area (Å²) in [5, 5.41) is 2.34. The molecule has 8 heteroatoms. The topological polar surface area (TPSA) is 62.7 Å². The number of nitrogens with zero attached hydrogens (tertiary/aromatic N) is 3. The molecule has 0 N–H and O–H groups in total. The summed E-state index contributed by atoms with van der Waals surface area (Å²) in [4.78, 5) is 32.0. The van der Waals surface area contributed by atoms with Crippen LogP contribution in [0.5, 0.6) is 5.75 Å². The number of carbonyl (C=O) groups is 2. The highest BCUT2D eigenvalue weighted by Crippen LogP contribution is 2.17. The molecule has 1 fully saturated rings. The van der Waals surface area contributed by atoms with Crippen molar-refractivity contribution in [1.82, 2.24) is 14.8 Å². The van der Waals surface area contributed by atoms with Gasteiger partial charge in [0.1, 0.15) is 10.9 Å². The van der Waals surface area contributed by atoms with Crippen LogP contribution >= 0.6 is 22.9 Å². The van der Waals surface area contributed by atoms with Gasteiger partial charge >= 0.3 is 6.09 Å². The van der Waals surface area contributed by atoms with Crippen molar-refractivity contribution in [2.24, 2.45) is 0 Å². The maximum absolute atomic E-state index is 12.4. The number of amides is 2. The Kier molecular flexibility index (Phi) is 5.32. The van der Waals surface area contributed by atoms with Gasteiger partial charge in [0.25, 0.3) is 5.91 Å². The van der Waals surface area contributed by atoms with E-state index in [0.29, 0.717) is 48.5 Å². The molecule has 2 heterocycles. The molecule has 6 nitrogen and oxygen atoms in total. The van der Waals surface area contributed by atoms with Crippen molar-refractivity contribution >= 4 is 34.9 Å². The summed E-state index contributed by atoms with van der Waals surface area (Å²) < 4.78 is 5.35. The molecule has 1 aliphatic rings. The average Bonchev–Trinajstić information content (AvgIpc) is 2.87. The Morgan fingerprint density at radius 2 is 1.79 bits per heavy atom. The lowest BCUT2D eigenvalue weighted by Gasteiger charge is -2.21. The minimum Gasteiger partial charge on any atom is -0.410 e. The minimum atomic E-state index is -0.396. The van der Waals surface area contributed by atoms with Gasteiger partial charge in [0.15, 0.2) is 5.01 Å². The standard InChI is InChI=1S/C16H16ClN3O3S/c17-13-11-24-14(18-13)15(21)19-7-4-8-20(10-9-19)16(22)23-12-5-2-1-3-6-12/h1-3,5-6,11H,4,7-10H2. The summed E-state index contributed by atoms with van der Waals surface area (Å²) in [5.74, 6) is 0.363. The van der Waals surface area contributed by atoms with Crippen molar-refractivity contribution in [2.75, 3.05) is 26.2 Å². The van der Waals surface area contributed by atoms with Gasteiger partial charge in [0.05, 0.1) is 0 Å². The second kappa shape index (κ2) is 7.63. The highest BCUT2D eigenvalue weighted by Gasteiger charge is 2.25. The molecule has 0 radical (unpaired) electrons. The molecule has 2 amide bonds. The van der Waals surface area contributed by atoms with Crippen LogP contribution in [-0.4, -0.2) is 53.0 Å². The molecule has 24 heavy (non-hydrogen) atoms. The van der Waals surface area contributed by atoms with Crippen LogP contribution < -0.4 is 4.74 Å². The van der Waals surface area contributed by atoms with Crippen LogP contribution in [0.1, 0.15) is 16.2 Å². The van der Waals surface area contributed by atoms with Crippen molar-refractivity contribution in [1.29, 1.82) is 0 Å². The van der Waals surface area contributed by atoms with Crippen LogP contribution in [0, 0.1) is 0 Å². The summed E-state index contributed by atoms with van der Waals surface area (Å²) in [5.41, 5.74) is 0. The van der Waals surface area contributed by atoms with E-state index >= 15 is 0 Å². The third-order valence-corrected chi connectivity index (χ3v) is 4.80. The molecule has 2 aromatic rings. The fourth-order valence-electron chi connectivity index (χ4n) is 2.44. The van der Waals surface area contributed by atoms with Crippen LogP contribution in [0.25, 0.3) is 0 Å². The largest absolute Gasteiger partial charge is 0.415 e. The second-order valence-corrected chi connectivity index (χ2v) is 6.53. The molecule has 1 saturated heterocycles. The van der Waals surface area contributed by atoms with Gasteiger partial charge < -0.3 is 14.5 Å². The normalized spacial score (nSPS) is 15.0. The van der Waals surface area contributed by atoms with Gasteiger partial charge in [-0.15, -0.1) is 11.3 Å². The first-order valence-electron chi connectivity index (χ1n) is 7.55. The number of benzene rings is 1. The third-order valence-electron chi connectivity index (χ3n) is 3.65. The van der Waals surface area contributed by atoms with Crippen molar-refractivity contribution in [3.8, 4) is 5.75 Å². The van der Waals surface area contributed by atoms with Gasteiger partial charge in [0.2, 0.25) is 0 Å². The van der Waals surface area contributed by atoms with E-state index < -0.39 is 6.09 Å². The summed E-state index contributed by atoms with van der Waals surface area (Å²) in [6.45, 7) is 2.00. The van der Waals surface area contributed by atoms with Crippen LogP contribution in [0.2, 0.25) is 5.15 Å². The van der Waals surface area contributed by atoms with Gasteiger partial charge in [-0.2, -0.15) is 0 Å². The fraction of sp³-hybridized carbons (Fsp3) is 0.312. The molecule has 0 unspecified atom stereocenters. The lowest BCUT2D eigenvalue weighted by Crippen LogP contribution is -2.38. The molecule has 0 bridgehead atoms. The molecular weight excluding hydrogens is 350 g/mol. The number of hydrogen-bond acceptors (Lipinski definition) is 5. The van der Waals surface area contributed by atoms with E-state index in [2.05, 4.69) is 4.98 Å². The first-order valence-corrected chi connectivity index (χ1v) is 8.81. The van der Waals surface area contributed by atoms with Gasteiger partial charge in [0, 0.05) is 31.6 Å². The summed E-state index contributed by atoms with van der Waals surface area (Å²) in [6.07, 6.45) is 0.294. The Morgan fingerprint density at radius 3 is 2.50 bits per heavy atom. The zero-order chi connectivity index (χ0) is 16.9. The van der Waals surface area contributed by atoms with E-state index in [1.54, 1.807) is 27.3 Å². The SMILES string of the molecule is O=C(Oc1ccccc1)N1CCCN(C(=O)c2nc(Cl)cs2)CC1. The molecule has 1 aromatic carbocycles. The Balaban J connectivity index is 1.58. The molecule has 0 spiro atoms. The molecule has 0 saturated carbocycles. The van der Waals surface area contributed by atoms with Crippen LogP contribution in [0.3, 0.4) is 0 Å². The zero-order valence-corrected chi connectivity index (χ0v) is 14.4. The number of aromatic nitrogens is 1. The average molecular weight is 366 g/mol. The maximum Gasteiger partial charge on any atom is 0.415 e. The van der Waals surface area contributed by atoms with Crippen LogP contribution in [0.4, 0.5) is 4.79 Å². The number of hydrogen-bond donors (Lipinski definition) is 0. The minimum absolute atomic E-state index is 0.148. The number of ether oxygens (including phenoxy) is 1. The molecule has 1 aliphatic heterocycles. The van der Waals surface area contributed by atoms with Crippen molar-refractivity contribution in [3.05, 3.63) is 45.9 Å². The van der Waals surface area contributed by atoms with Gasteiger partial charge in [-0.25, -0.2) is 9.78 Å². The number of carbonyl (C=O) groups excluding carboxylic acids is 2. The first kappa shape index (κ1) is 16.7. The summed E-state index contributed by atoms with van der Waals surface area (Å²) in [6, 6.07) is 8.95. The molecule has 3 rings (SSSR count). The van der Waals surface area contributed by atoms with Gasteiger partial charge in [-0.05, 0) is 18.6 Å². The fourth-order valence-corrected chi connectivity index (χ4v) is 3.36. The smallest absolute Gasteiger partial charge is 0.410 e. The molecule has 126 valence electrons. The Hall–Kier alpha value is -2.12. The summed E-state index contributed by atoms with van der Waals surface area (Å²) >= 11 is 7.00. The lowest BCUT2D eigenvalue weighted by atomic mass is 10.3. The van der Waals surface area contributed by atoms with E-state index in [1.807, 2.05) is 18.2 Å². The predicted molar refractivity (Wildman–Crippen MR) is 91.7 cm³/mol. The van der Waals surface area contributed by atoms with Gasteiger partial charge in [-0.1, -0.05) is 29.8 Å². The third kappa shape index (κ3) is 4.04. The molecule has 1 aromatic heterocycles. The zero-order valence-electron chi connectivity index (χ0n) is 12.9. The Bertz CT molecular complexity index is 722. The molecule has 0 atom stereocenters. The van der Waals surface area contributed by atoms with E-state index in [-0.39, 0.29) is 5.91 Å². The predicted octanol–water partition coefficient (Wildman–Crippen LogP) is 3.14. The lowest BCUT2D eigenvalue weighted by molar-refractivity contribution is 0.0759. The highest BCUT2D eigenvalue weighted by molar-refractivity contribution is 7.12.